The van der Waals surface area contributed by atoms with Crippen molar-refractivity contribution in [3.05, 3.63) is 76.8 Å². The van der Waals surface area contributed by atoms with Crippen LogP contribution >= 0.6 is 11.3 Å². The van der Waals surface area contributed by atoms with Gasteiger partial charge in [0.25, 0.3) is 5.91 Å². The summed E-state index contributed by atoms with van der Waals surface area (Å²) in [5.41, 5.74) is 3.53. The number of carbonyl (C=O) groups excluding carboxylic acids is 2. The Morgan fingerprint density at radius 1 is 1.00 bits per heavy atom. The maximum atomic E-state index is 12.3. The maximum absolute atomic E-state index is 12.3. The van der Waals surface area contributed by atoms with E-state index in [0.717, 1.165) is 18.7 Å². The maximum Gasteiger partial charge on any atom is 0.257 e. The highest BCUT2D eigenvalue weighted by Gasteiger charge is 2.13. The summed E-state index contributed by atoms with van der Waals surface area (Å²) in [5, 5.41) is 7.99. The van der Waals surface area contributed by atoms with Crippen molar-refractivity contribution in [3.63, 3.8) is 0 Å². The lowest BCUT2D eigenvalue weighted by Crippen LogP contribution is -2.24. The van der Waals surface area contributed by atoms with Crippen molar-refractivity contribution in [2.45, 2.75) is 25.8 Å². The first kappa shape index (κ1) is 20.1. The first-order valence-electron chi connectivity index (χ1n) is 10.1. The van der Waals surface area contributed by atoms with Gasteiger partial charge in [0, 0.05) is 36.3 Å². The molecule has 0 atom stereocenters. The monoisotopic (exact) mass is 420 g/mol. The highest BCUT2D eigenvalue weighted by molar-refractivity contribution is 7.14. The minimum absolute atomic E-state index is 0.0927. The molecule has 0 radical (unpaired) electrons. The van der Waals surface area contributed by atoms with Crippen LogP contribution in [0.1, 0.15) is 34.5 Å². The van der Waals surface area contributed by atoms with Gasteiger partial charge in [-0.3, -0.25) is 14.9 Å². The predicted molar refractivity (Wildman–Crippen MR) is 120 cm³/mol. The molecule has 1 fully saturated rings. The van der Waals surface area contributed by atoms with E-state index in [4.69, 9.17) is 0 Å². The number of thiazole rings is 1. The summed E-state index contributed by atoms with van der Waals surface area (Å²) in [6.07, 6.45) is 2.70. The Kier molecular flexibility index (Phi) is 6.39. The lowest BCUT2D eigenvalue weighted by molar-refractivity contribution is -0.120. The van der Waals surface area contributed by atoms with E-state index in [1.165, 1.54) is 29.9 Å². The molecule has 2 amide bonds. The van der Waals surface area contributed by atoms with Crippen molar-refractivity contribution in [2.24, 2.45) is 0 Å². The van der Waals surface area contributed by atoms with Crippen LogP contribution in [-0.2, 0) is 17.8 Å². The second-order valence-corrected chi connectivity index (χ2v) is 8.14. The first-order chi connectivity index (χ1) is 14.7. The van der Waals surface area contributed by atoms with E-state index < -0.39 is 0 Å². The van der Waals surface area contributed by atoms with Gasteiger partial charge >= 0.3 is 0 Å². The van der Waals surface area contributed by atoms with Crippen molar-refractivity contribution < 1.29 is 9.59 Å². The van der Waals surface area contributed by atoms with E-state index in [9.17, 15) is 9.59 Å². The lowest BCUT2D eigenvalue weighted by Gasteiger charge is -2.17. The van der Waals surface area contributed by atoms with Gasteiger partial charge in [-0.15, -0.1) is 11.3 Å². The average Bonchev–Trinajstić information content (AvgIpc) is 3.46. The van der Waals surface area contributed by atoms with Gasteiger partial charge in [-0.05, 0) is 42.7 Å². The van der Waals surface area contributed by atoms with Crippen LogP contribution in [0.2, 0.25) is 0 Å². The number of anilines is 2. The van der Waals surface area contributed by atoms with Crippen molar-refractivity contribution in [1.82, 2.24) is 10.3 Å². The zero-order chi connectivity index (χ0) is 20.8. The lowest BCUT2D eigenvalue weighted by atomic mass is 10.2. The van der Waals surface area contributed by atoms with Crippen molar-refractivity contribution in [2.75, 3.05) is 23.3 Å². The van der Waals surface area contributed by atoms with Crippen LogP contribution in [0.5, 0.6) is 0 Å². The molecule has 30 heavy (non-hydrogen) atoms. The Bertz CT molecular complexity index is 996. The summed E-state index contributed by atoms with van der Waals surface area (Å²) in [7, 11) is 0. The molecule has 4 rings (SSSR count). The average molecular weight is 421 g/mol. The number of nitrogens with zero attached hydrogens (tertiary/aromatic N) is 2. The molecule has 0 saturated carbocycles. The summed E-state index contributed by atoms with van der Waals surface area (Å²) < 4.78 is 0. The van der Waals surface area contributed by atoms with Crippen LogP contribution in [0.3, 0.4) is 0 Å². The number of hydrogen-bond acceptors (Lipinski definition) is 5. The van der Waals surface area contributed by atoms with E-state index in [-0.39, 0.29) is 18.2 Å². The minimum atomic E-state index is -0.210. The normalized spacial score (nSPS) is 13.3. The van der Waals surface area contributed by atoms with E-state index in [1.54, 1.807) is 17.5 Å². The molecule has 3 aromatic rings. The third-order valence-corrected chi connectivity index (χ3v) is 5.85. The number of carbonyl (C=O) groups is 2. The number of rotatable bonds is 7. The molecule has 2 aromatic carbocycles. The Morgan fingerprint density at radius 2 is 1.73 bits per heavy atom. The van der Waals surface area contributed by atoms with Crippen LogP contribution in [0.4, 0.5) is 10.8 Å². The number of benzene rings is 2. The standard InChI is InChI=1S/C23H24N4O2S/c28-21(24-15-17-8-10-20(11-9-17)27-12-4-5-13-27)14-19-16-30-23(25-19)26-22(29)18-6-2-1-3-7-18/h1-3,6-11,16H,4-5,12-15H2,(H,24,28)(H,25,26,29). The van der Waals surface area contributed by atoms with Gasteiger partial charge in [-0.2, -0.15) is 0 Å². The largest absolute Gasteiger partial charge is 0.372 e. The molecule has 0 unspecified atom stereocenters. The molecule has 0 spiro atoms. The number of nitrogens with one attached hydrogen (secondary N) is 2. The van der Waals surface area contributed by atoms with Crippen molar-refractivity contribution in [3.8, 4) is 0 Å². The van der Waals surface area contributed by atoms with Gasteiger partial charge in [0.15, 0.2) is 5.13 Å². The summed E-state index contributed by atoms with van der Waals surface area (Å²) >= 11 is 1.31. The Hall–Kier alpha value is -3.19. The van der Waals surface area contributed by atoms with Crippen LogP contribution in [0, 0.1) is 0 Å². The van der Waals surface area contributed by atoms with Gasteiger partial charge in [-0.25, -0.2) is 4.98 Å². The van der Waals surface area contributed by atoms with Gasteiger partial charge in [0.2, 0.25) is 5.91 Å². The van der Waals surface area contributed by atoms with Crippen LogP contribution < -0.4 is 15.5 Å². The SMILES string of the molecule is O=C(Cc1csc(NC(=O)c2ccccc2)n1)NCc1ccc(N2CCCC2)cc1. The number of hydrogen-bond donors (Lipinski definition) is 2. The molecule has 1 saturated heterocycles. The molecule has 154 valence electrons. The molecule has 6 nitrogen and oxygen atoms in total. The quantitative estimate of drug-likeness (QED) is 0.609. The molecular formula is C23H24N4O2S. The molecule has 0 aliphatic carbocycles. The fraction of sp³-hybridized carbons (Fsp3) is 0.261. The van der Waals surface area contributed by atoms with E-state index in [2.05, 4.69) is 44.8 Å². The molecule has 0 bridgehead atoms. The van der Waals surface area contributed by atoms with Crippen molar-refractivity contribution in [1.29, 1.82) is 0 Å². The third-order valence-electron chi connectivity index (χ3n) is 5.05. The number of aromatic nitrogens is 1. The highest BCUT2D eigenvalue weighted by Crippen LogP contribution is 2.20. The van der Waals surface area contributed by atoms with Gasteiger partial charge in [0.05, 0.1) is 12.1 Å². The fourth-order valence-corrected chi connectivity index (χ4v) is 4.14. The summed E-state index contributed by atoms with van der Waals surface area (Å²) in [4.78, 5) is 31.2. The van der Waals surface area contributed by atoms with Crippen molar-refractivity contribution >= 4 is 34.0 Å². The molecule has 7 heteroatoms. The van der Waals surface area contributed by atoms with Gasteiger partial charge in [-0.1, -0.05) is 30.3 Å². The zero-order valence-corrected chi connectivity index (χ0v) is 17.5. The topological polar surface area (TPSA) is 74.3 Å². The van der Waals surface area contributed by atoms with Crippen LogP contribution in [-0.4, -0.2) is 29.9 Å². The fourth-order valence-electron chi connectivity index (χ4n) is 3.43. The second-order valence-electron chi connectivity index (χ2n) is 7.28. The molecular weight excluding hydrogens is 396 g/mol. The molecule has 1 aliphatic heterocycles. The Labute approximate surface area is 180 Å². The van der Waals surface area contributed by atoms with E-state index in [0.29, 0.717) is 22.9 Å². The minimum Gasteiger partial charge on any atom is -0.372 e. The van der Waals surface area contributed by atoms with Crippen LogP contribution in [0.25, 0.3) is 0 Å². The second kappa shape index (κ2) is 9.54. The predicted octanol–water partition coefficient (Wildman–Crippen LogP) is 3.85. The third kappa shape index (κ3) is 5.24. The number of amides is 2. The smallest absolute Gasteiger partial charge is 0.257 e. The van der Waals surface area contributed by atoms with Gasteiger partial charge in [0.1, 0.15) is 0 Å². The zero-order valence-electron chi connectivity index (χ0n) is 16.6. The molecule has 2 heterocycles. The Morgan fingerprint density at radius 3 is 2.47 bits per heavy atom. The molecule has 1 aliphatic rings. The Balaban J connectivity index is 1.25. The van der Waals surface area contributed by atoms with Gasteiger partial charge < -0.3 is 10.2 Å². The van der Waals surface area contributed by atoms with Crippen LogP contribution in [0.15, 0.2) is 60.0 Å². The van der Waals surface area contributed by atoms with E-state index in [1.807, 2.05) is 18.2 Å². The summed E-state index contributed by atoms with van der Waals surface area (Å²) in [5.74, 6) is -0.303. The highest BCUT2D eigenvalue weighted by atomic mass is 32.1. The summed E-state index contributed by atoms with van der Waals surface area (Å²) in [6.45, 7) is 2.73. The van der Waals surface area contributed by atoms with E-state index >= 15 is 0 Å². The first-order valence-corrected chi connectivity index (χ1v) is 11.0. The molecule has 1 aromatic heterocycles. The summed E-state index contributed by atoms with van der Waals surface area (Å²) in [6, 6.07) is 17.3. The molecule has 2 N–H and O–H groups in total.